The van der Waals surface area contributed by atoms with Crippen LogP contribution in [0.4, 0.5) is 21.5 Å². The number of halogens is 2. The molecule has 0 aliphatic carbocycles. The van der Waals surface area contributed by atoms with Crippen LogP contribution in [0, 0.1) is 9.39 Å². The first-order chi connectivity index (χ1) is 8.61. The first-order valence-electron chi connectivity index (χ1n) is 5.26. The number of para-hydroxylation sites is 2. The van der Waals surface area contributed by atoms with Crippen LogP contribution in [0.15, 0.2) is 36.4 Å². The molecular formula is C13H12FIN2O. The fourth-order valence-electron chi connectivity index (χ4n) is 1.56. The van der Waals surface area contributed by atoms with Crippen LogP contribution in [0.2, 0.25) is 0 Å². The Kier molecular flexibility index (Phi) is 3.90. The zero-order chi connectivity index (χ0) is 13.1. The summed E-state index contributed by atoms with van der Waals surface area (Å²) in [6.07, 6.45) is 0. The molecule has 0 bridgehead atoms. The van der Waals surface area contributed by atoms with Gasteiger partial charge in [-0.05, 0) is 40.8 Å². The number of nitrogen functional groups attached to an aromatic ring is 1. The Labute approximate surface area is 118 Å². The number of anilines is 3. The van der Waals surface area contributed by atoms with Gasteiger partial charge in [-0.2, -0.15) is 0 Å². The van der Waals surface area contributed by atoms with Gasteiger partial charge in [-0.3, -0.25) is 0 Å². The molecule has 2 aromatic rings. The van der Waals surface area contributed by atoms with Crippen molar-refractivity contribution in [1.82, 2.24) is 0 Å². The fourth-order valence-corrected chi connectivity index (χ4v) is 2.05. The summed E-state index contributed by atoms with van der Waals surface area (Å²) in [7, 11) is 1.58. The summed E-state index contributed by atoms with van der Waals surface area (Å²) in [5.74, 6) is 0.373. The number of rotatable bonds is 3. The zero-order valence-electron chi connectivity index (χ0n) is 9.71. The van der Waals surface area contributed by atoms with Crippen molar-refractivity contribution in [3.63, 3.8) is 0 Å². The fraction of sp³-hybridized carbons (Fsp3) is 0.0769. The molecule has 3 nitrogen and oxygen atoms in total. The maximum Gasteiger partial charge on any atom is 0.142 e. The molecular weight excluding hydrogens is 346 g/mol. The van der Waals surface area contributed by atoms with E-state index in [2.05, 4.69) is 5.32 Å². The van der Waals surface area contributed by atoms with Gasteiger partial charge in [0.05, 0.1) is 27.7 Å². The highest BCUT2D eigenvalue weighted by Gasteiger charge is 2.08. The number of nitrogens with one attached hydrogen (secondary N) is 1. The summed E-state index contributed by atoms with van der Waals surface area (Å²) in [6.45, 7) is 0. The van der Waals surface area contributed by atoms with Gasteiger partial charge in [-0.25, -0.2) is 4.39 Å². The molecule has 0 amide bonds. The van der Waals surface area contributed by atoms with Crippen molar-refractivity contribution in [2.45, 2.75) is 0 Å². The van der Waals surface area contributed by atoms with E-state index in [4.69, 9.17) is 10.5 Å². The standard InChI is InChI=1S/C13H12FIN2O/c1-18-13-5-3-2-4-11(13)17-12-6-8(14)9(15)7-10(12)16/h2-7,17H,16H2,1H3. The molecule has 2 rings (SSSR count). The lowest BCUT2D eigenvalue weighted by Crippen LogP contribution is -2.00. The highest BCUT2D eigenvalue weighted by Crippen LogP contribution is 2.31. The summed E-state index contributed by atoms with van der Waals surface area (Å²) in [4.78, 5) is 0. The SMILES string of the molecule is COc1ccccc1Nc1cc(F)c(I)cc1N. The van der Waals surface area contributed by atoms with Crippen molar-refractivity contribution < 1.29 is 9.13 Å². The summed E-state index contributed by atoms with van der Waals surface area (Å²) in [5.41, 5.74) is 7.62. The van der Waals surface area contributed by atoms with Gasteiger partial charge < -0.3 is 15.8 Å². The Morgan fingerprint density at radius 1 is 1.22 bits per heavy atom. The number of hydrogen-bond acceptors (Lipinski definition) is 3. The van der Waals surface area contributed by atoms with E-state index in [0.717, 1.165) is 5.69 Å². The lowest BCUT2D eigenvalue weighted by molar-refractivity contribution is 0.417. The van der Waals surface area contributed by atoms with Crippen molar-refractivity contribution in [3.05, 3.63) is 45.8 Å². The van der Waals surface area contributed by atoms with E-state index in [1.54, 1.807) is 13.2 Å². The maximum atomic E-state index is 13.5. The van der Waals surface area contributed by atoms with E-state index >= 15 is 0 Å². The molecule has 0 spiro atoms. The van der Waals surface area contributed by atoms with Gasteiger partial charge >= 0.3 is 0 Å². The van der Waals surface area contributed by atoms with Crippen LogP contribution in [0.1, 0.15) is 0 Å². The van der Waals surface area contributed by atoms with Gasteiger partial charge in [0, 0.05) is 6.07 Å². The second kappa shape index (κ2) is 5.43. The third-order valence-corrected chi connectivity index (χ3v) is 3.30. The molecule has 3 N–H and O–H groups in total. The predicted octanol–water partition coefficient (Wildman–Crippen LogP) is 3.76. The Hall–Kier alpha value is -1.50. The predicted molar refractivity (Wildman–Crippen MR) is 79.8 cm³/mol. The maximum absolute atomic E-state index is 13.5. The van der Waals surface area contributed by atoms with Gasteiger partial charge in [0.1, 0.15) is 11.6 Å². The van der Waals surface area contributed by atoms with E-state index in [1.807, 2.05) is 46.9 Å². The van der Waals surface area contributed by atoms with Crippen LogP contribution in [0.3, 0.4) is 0 Å². The molecule has 0 aliphatic heterocycles. The lowest BCUT2D eigenvalue weighted by Gasteiger charge is -2.13. The molecule has 0 atom stereocenters. The Morgan fingerprint density at radius 2 is 1.94 bits per heavy atom. The lowest BCUT2D eigenvalue weighted by atomic mass is 10.2. The van der Waals surface area contributed by atoms with E-state index in [1.165, 1.54) is 6.07 Å². The molecule has 0 saturated carbocycles. The average molecular weight is 358 g/mol. The summed E-state index contributed by atoms with van der Waals surface area (Å²) < 4.78 is 19.2. The minimum absolute atomic E-state index is 0.304. The number of benzene rings is 2. The highest BCUT2D eigenvalue weighted by atomic mass is 127. The summed E-state index contributed by atoms with van der Waals surface area (Å²) in [5, 5.41) is 3.07. The van der Waals surface area contributed by atoms with Crippen molar-refractivity contribution in [1.29, 1.82) is 0 Å². The van der Waals surface area contributed by atoms with Gasteiger partial charge in [-0.15, -0.1) is 0 Å². The number of methoxy groups -OCH3 is 1. The monoisotopic (exact) mass is 358 g/mol. The van der Waals surface area contributed by atoms with E-state index in [-0.39, 0.29) is 5.82 Å². The molecule has 0 unspecified atom stereocenters. The molecule has 5 heteroatoms. The normalized spacial score (nSPS) is 10.2. The zero-order valence-corrected chi connectivity index (χ0v) is 11.9. The molecule has 0 heterocycles. The Bertz CT molecular complexity index is 575. The third kappa shape index (κ3) is 2.66. The highest BCUT2D eigenvalue weighted by molar-refractivity contribution is 14.1. The minimum atomic E-state index is -0.304. The quantitative estimate of drug-likeness (QED) is 0.649. The van der Waals surface area contributed by atoms with Gasteiger partial charge in [0.15, 0.2) is 0 Å². The summed E-state index contributed by atoms with van der Waals surface area (Å²) >= 11 is 1.90. The largest absolute Gasteiger partial charge is 0.495 e. The van der Waals surface area contributed by atoms with E-state index in [0.29, 0.717) is 20.7 Å². The number of ether oxygens (including phenoxy) is 1. The van der Waals surface area contributed by atoms with Crippen LogP contribution in [0.25, 0.3) is 0 Å². The molecule has 0 aliphatic rings. The average Bonchev–Trinajstić information content (AvgIpc) is 2.36. The second-order valence-electron chi connectivity index (χ2n) is 3.68. The van der Waals surface area contributed by atoms with E-state index < -0.39 is 0 Å². The number of hydrogen-bond donors (Lipinski definition) is 2. The van der Waals surface area contributed by atoms with Gasteiger partial charge in [0.25, 0.3) is 0 Å². The minimum Gasteiger partial charge on any atom is -0.495 e. The second-order valence-corrected chi connectivity index (χ2v) is 4.84. The van der Waals surface area contributed by atoms with Crippen LogP contribution >= 0.6 is 22.6 Å². The molecule has 0 radical (unpaired) electrons. The smallest absolute Gasteiger partial charge is 0.142 e. The van der Waals surface area contributed by atoms with Gasteiger partial charge in [-0.1, -0.05) is 12.1 Å². The Morgan fingerprint density at radius 3 is 2.67 bits per heavy atom. The topological polar surface area (TPSA) is 47.3 Å². The van der Waals surface area contributed by atoms with Crippen molar-refractivity contribution in [2.75, 3.05) is 18.2 Å². The molecule has 0 fully saturated rings. The van der Waals surface area contributed by atoms with Crippen molar-refractivity contribution >= 4 is 39.7 Å². The first kappa shape index (κ1) is 12.9. The molecule has 94 valence electrons. The molecule has 0 saturated heterocycles. The molecule has 2 aromatic carbocycles. The summed E-state index contributed by atoms with van der Waals surface area (Å²) in [6, 6.07) is 10.4. The van der Waals surface area contributed by atoms with E-state index in [9.17, 15) is 4.39 Å². The van der Waals surface area contributed by atoms with Crippen LogP contribution in [-0.4, -0.2) is 7.11 Å². The third-order valence-electron chi connectivity index (χ3n) is 2.47. The first-order valence-corrected chi connectivity index (χ1v) is 6.34. The Balaban J connectivity index is 2.37. The number of nitrogens with two attached hydrogens (primary N) is 1. The van der Waals surface area contributed by atoms with Crippen molar-refractivity contribution in [2.24, 2.45) is 0 Å². The van der Waals surface area contributed by atoms with Crippen LogP contribution in [0.5, 0.6) is 5.75 Å². The molecule has 18 heavy (non-hydrogen) atoms. The molecule has 0 aromatic heterocycles. The van der Waals surface area contributed by atoms with Crippen molar-refractivity contribution in [3.8, 4) is 5.75 Å². The van der Waals surface area contributed by atoms with Crippen LogP contribution < -0.4 is 15.8 Å². The van der Waals surface area contributed by atoms with Gasteiger partial charge in [0.2, 0.25) is 0 Å². The van der Waals surface area contributed by atoms with Crippen LogP contribution in [-0.2, 0) is 0 Å².